The molecule has 4 aromatic rings. The molecule has 0 fully saturated rings. The maximum absolute atomic E-state index is 10.1. The lowest BCUT2D eigenvalue weighted by Gasteiger charge is -2.10. The Hall–Kier alpha value is -4.38. The standard InChI is InChI=1S/C40H46N4O/c1-9-11-13-30-26(7)34-19-32-22(3)24(5)39(43-32)38(28-15-17-29(45)18-16-28)40-25(6)23(4)33(44-40)20-35-27(8)31(14-12-10-2)37(42-35)21-36(30)41-34/h15-21,41-42,45H,9-14H2,1-8H3. The number of aryl methyl sites for hydroxylation is 4. The zero-order valence-corrected chi connectivity index (χ0v) is 28.1. The molecule has 6 rings (SSSR count). The van der Waals surface area contributed by atoms with Crippen LogP contribution in [0.15, 0.2) is 42.5 Å². The normalized spacial score (nSPS) is 13.3. The van der Waals surface area contributed by atoms with E-state index < -0.39 is 0 Å². The van der Waals surface area contributed by atoms with Crippen LogP contribution in [0.25, 0.3) is 55.5 Å². The van der Waals surface area contributed by atoms with Gasteiger partial charge >= 0.3 is 0 Å². The Balaban J connectivity index is 1.82. The van der Waals surface area contributed by atoms with E-state index in [1.807, 2.05) is 12.1 Å². The van der Waals surface area contributed by atoms with Crippen LogP contribution in [-0.4, -0.2) is 25.0 Å². The Morgan fingerprint density at radius 2 is 1.02 bits per heavy atom. The molecule has 8 bridgehead atoms. The van der Waals surface area contributed by atoms with E-state index in [2.05, 4.69) is 83.6 Å². The van der Waals surface area contributed by atoms with Gasteiger partial charge in [0.2, 0.25) is 0 Å². The first-order valence-corrected chi connectivity index (χ1v) is 16.5. The first kappa shape index (κ1) is 30.6. The second-order valence-corrected chi connectivity index (χ2v) is 12.9. The van der Waals surface area contributed by atoms with Gasteiger partial charge in [-0.1, -0.05) is 38.8 Å². The molecule has 45 heavy (non-hydrogen) atoms. The average Bonchev–Trinajstić information content (AvgIpc) is 3.67. The molecule has 0 aliphatic carbocycles. The van der Waals surface area contributed by atoms with Gasteiger partial charge in [-0.25, -0.2) is 9.97 Å². The van der Waals surface area contributed by atoms with Gasteiger partial charge < -0.3 is 15.1 Å². The van der Waals surface area contributed by atoms with Crippen molar-refractivity contribution in [3.05, 3.63) is 87.5 Å². The lowest BCUT2D eigenvalue weighted by atomic mass is 9.94. The summed E-state index contributed by atoms with van der Waals surface area (Å²) in [5, 5.41) is 10.1. The van der Waals surface area contributed by atoms with Crippen LogP contribution < -0.4 is 0 Å². The summed E-state index contributed by atoms with van der Waals surface area (Å²) < 4.78 is 0. The van der Waals surface area contributed by atoms with E-state index >= 15 is 0 Å². The van der Waals surface area contributed by atoms with Crippen LogP contribution in [0.1, 0.15) is 112 Å². The highest BCUT2D eigenvalue weighted by molar-refractivity contribution is 6.01. The monoisotopic (exact) mass is 598 g/mol. The number of phenolic OH excluding ortho intramolecular Hbond substituents is 1. The van der Waals surface area contributed by atoms with Crippen molar-refractivity contribution in [3.63, 3.8) is 0 Å². The minimum absolute atomic E-state index is 0.243. The summed E-state index contributed by atoms with van der Waals surface area (Å²) in [6.07, 6.45) is 6.68. The van der Waals surface area contributed by atoms with E-state index in [1.54, 1.807) is 12.1 Å². The number of rotatable bonds is 7. The molecule has 0 unspecified atom stereocenters. The molecule has 0 amide bonds. The van der Waals surface area contributed by atoms with Crippen molar-refractivity contribution in [1.29, 1.82) is 0 Å². The van der Waals surface area contributed by atoms with Crippen molar-refractivity contribution in [1.82, 2.24) is 19.9 Å². The fourth-order valence-electron chi connectivity index (χ4n) is 6.76. The molecule has 0 spiro atoms. The number of hydrogen-bond donors (Lipinski definition) is 3. The number of nitrogens with zero attached hydrogens (tertiary/aromatic N) is 2. The zero-order valence-electron chi connectivity index (χ0n) is 28.1. The highest BCUT2D eigenvalue weighted by Gasteiger charge is 2.24. The van der Waals surface area contributed by atoms with Crippen molar-refractivity contribution in [2.45, 2.75) is 93.9 Å². The molecule has 232 valence electrons. The van der Waals surface area contributed by atoms with Crippen LogP contribution in [0, 0.1) is 13.8 Å². The quantitative estimate of drug-likeness (QED) is 0.198. The summed E-state index contributed by atoms with van der Waals surface area (Å²) in [5.41, 5.74) is 20.4. The molecule has 0 saturated carbocycles. The van der Waals surface area contributed by atoms with Gasteiger partial charge in [-0.2, -0.15) is 0 Å². The number of nitrogens with one attached hydrogen (secondary N) is 2. The Bertz CT molecular complexity index is 1910. The number of phenols is 1. The van der Waals surface area contributed by atoms with E-state index in [0.29, 0.717) is 0 Å². The van der Waals surface area contributed by atoms with E-state index in [-0.39, 0.29) is 5.75 Å². The lowest BCUT2D eigenvalue weighted by Crippen LogP contribution is -1.93. The van der Waals surface area contributed by atoms with E-state index in [4.69, 9.17) is 9.97 Å². The maximum Gasteiger partial charge on any atom is 0.115 e. The molecule has 5 nitrogen and oxygen atoms in total. The van der Waals surface area contributed by atoms with Crippen LogP contribution in [0.3, 0.4) is 0 Å². The number of aromatic amines is 2. The summed E-state index contributed by atoms with van der Waals surface area (Å²) in [5.74, 6) is 0.243. The Morgan fingerprint density at radius 3 is 1.44 bits per heavy atom. The second kappa shape index (κ2) is 12.2. The topological polar surface area (TPSA) is 77.6 Å². The largest absolute Gasteiger partial charge is 0.508 e. The van der Waals surface area contributed by atoms with Gasteiger partial charge in [0.15, 0.2) is 0 Å². The van der Waals surface area contributed by atoms with Crippen molar-refractivity contribution < 1.29 is 5.11 Å². The third-order valence-corrected chi connectivity index (χ3v) is 10.0. The van der Waals surface area contributed by atoms with Gasteiger partial charge in [-0.15, -0.1) is 0 Å². The molecule has 0 saturated heterocycles. The molecule has 5 heterocycles. The third kappa shape index (κ3) is 5.43. The Kier molecular flexibility index (Phi) is 8.30. The highest BCUT2D eigenvalue weighted by atomic mass is 16.3. The van der Waals surface area contributed by atoms with Crippen molar-refractivity contribution >= 4 is 44.4 Å². The van der Waals surface area contributed by atoms with Gasteiger partial charge in [0.05, 0.1) is 22.8 Å². The lowest BCUT2D eigenvalue weighted by molar-refractivity contribution is 0.475. The van der Waals surface area contributed by atoms with Crippen molar-refractivity contribution in [2.24, 2.45) is 0 Å². The number of benzene rings is 1. The van der Waals surface area contributed by atoms with E-state index in [9.17, 15) is 5.11 Å². The molecule has 0 radical (unpaired) electrons. The van der Waals surface area contributed by atoms with E-state index in [0.717, 1.165) is 94.6 Å². The van der Waals surface area contributed by atoms with Gasteiger partial charge in [0.25, 0.3) is 0 Å². The Labute approximate surface area is 267 Å². The van der Waals surface area contributed by atoms with Crippen molar-refractivity contribution in [3.8, 4) is 16.9 Å². The summed E-state index contributed by atoms with van der Waals surface area (Å²) in [4.78, 5) is 18.3. The minimum atomic E-state index is 0.243. The number of aromatic hydroxyl groups is 1. The third-order valence-electron chi connectivity index (χ3n) is 10.0. The van der Waals surface area contributed by atoms with Crippen LogP contribution >= 0.6 is 0 Å². The summed E-state index contributed by atoms with van der Waals surface area (Å²) in [6, 6.07) is 14.2. The zero-order chi connectivity index (χ0) is 32.0. The van der Waals surface area contributed by atoms with Gasteiger partial charge in [0.1, 0.15) is 5.75 Å². The van der Waals surface area contributed by atoms with Crippen LogP contribution in [0.4, 0.5) is 0 Å². The SMILES string of the molecule is CCCCc1c(C)c2cc3nc(c(-c4ccc(O)cc4)c4nc(cc5[nH]c(cc1[nH]2)c(CCCC)c5C)C(C)=C4C)C(C)=C3C. The molecular weight excluding hydrogens is 552 g/mol. The number of unbranched alkanes of at least 4 members (excludes halogenated alkanes) is 2. The Morgan fingerprint density at radius 1 is 0.578 bits per heavy atom. The van der Waals surface area contributed by atoms with Gasteiger partial charge in [-0.05, 0) is 148 Å². The average molecular weight is 599 g/mol. The van der Waals surface area contributed by atoms with Crippen molar-refractivity contribution in [2.75, 3.05) is 0 Å². The smallest absolute Gasteiger partial charge is 0.115 e. The fraction of sp³-hybridized carbons (Fsp3) is 0.350. The molecular formula is C40H46N4O. The summed E-state index contributed by atoms with van der Waals surface area (Å²) >= 11 is 0. The number of hydrogen-bond acceptors (Lipinski definition) is 3. The van der Waals surface area contributed by atoms with E-state index in [1.165, 1.54) is 44.4 Å². The second-order valence-electron chi connectivity index (χ2n) is 12.9. The first-order valence-electron chi connectivity index (χ1n) is 16.5. The minimum Gasteiger partial charge on any atom is -0.508 e. The molecule has 1 aromatic carbocycles. The number of fused-ring (bicyclic) bond motifs is 8. The maximum atomic E-state index is 10.1. The predicted octanol–water partition coefficient (Wildman–Crippen LogP) is 10.9. The predicted molar refractivity (Wildman–Crippen MR) is 191 cm³/mol. The molecule has 3 aromatic heterocycles. The van der Waals surface area contributed by atoms with Crippen LogP contribution in [0.2, 0.25) is 0 Å². The summed E-state index contributed by atoms with van der Waals surface area (Å²) in [7, 11) is 0. The number of aromatic nitrogens is 4. The van der Waals surface area contributed by atoms with Crippen LogP contribution in [-0.2, 0) is 12.8 Å². The molecule has 3 N–H and O–H groups in total. The molecule has 0 atom stereocenters. The van der Waals surface area contributed by atoms with Gasteiger partial charge in [-0.3, -0.25) is 0 Å². The molecule has 2 aliphatic rings. The molecule has 5 heteroatoms. The highest BCUT2D eigenvalue weighted by Crippen LogP contribution is 2.42. The number of allylic oxidation sites excluding steroid dienone is 4. The molecule has 2 aliphatic heterocycles. The number of H-pyrrole nitrogens is 2. The summed E-state index contributed by atoms with van der Waals surface area (Å²) in [6.45, 7) is 17.7. The van der Waals surface area contributed by atoms with Gasteiger partial charge in [0, 0.05) is 27.6 Å². The fourth-order valence-corrected chi connectivity index (χ4v) is 6.76. The first-order chi connectivity index (χ1) is 21.6. The van der Waals surface area contributed by atoms with Crippen LogP contribution in [0.5, 0.6) is 5.75 Å².